The van der Waals surface area contributed by atoms with Crippen LogP contribution in [0, 0.1) is 5.92 Å². The van der Waals surface area contributed by atoms with Gasteiger partial charge in [0.15, 0.2) is 0 Å². The van der Waals surface area contributed by atoms with Gasteiger partial charge in [0.25, 0.3) is 0 Å². The molecule has 1 amide bonds. The van der Waals surface area contributed by atoms with Gasteiger partial charge in [-0.1, -0.05) is 19.9 Å². The van der Waals surface area contributed by atoms with Gasteiger partial charge >= 0.3 is 0 Å². The molecule has 1 atom stereocenters. The summed E-state index contributed by atoms with van der Waals surface area (Å²) in [6.45, 7) is 8.92. The van der Waals surface area contributed by atoms with E-state index < -0.39 is 0 Å². The molecule has 0 unspecified atom stereocenters. The van der Waals surface area contributed by atoms with Gasteiger partial charge < -0.3 is 10.6 Å². The van der Waals surface area contributed by atoms with Crippen LogP contribution in [0.25, 0.3) is 0 Å². The molecular formula is C14H24N2OS. The highest BCUT2D eigenvalue weighted by molar-refractivity contribution is 7.09. The van der Waals surface area contributed by atoms with Crippen LogP contribution in [0.15, 0.2) is 17.5 Å². The Hall–Kier alpha value is -0.870. The van der Waals surface area contributed by atoms with Crippen molar-refractivity contribution in [3.63, 3.8) is 0 Å². The summed E-state index contributed by atoms with van der Waals surface area (Å²) in [6, 6.07) is 3.86. The molecule has 0 aliphatic heterocycles. The second-order valence-electron chi connectivity index (χ2n) is 5.38. The first-order valence-electron chi connectivity index (χ1n) is 6.50. The zero-order valence-electron chi connectivity index (χ0n) is 11.7. The Morgan fingerprint density at radius 3 is 2.50 bits per heavy atom. The highest BCUT2D eigenvalue weighted by Crippen LogP contribution is 2.16. The number of rotatable bonds is 6. The van der Waals surface area contributed by atoms with Gasteiger partial charge in [-0.2, -0.15) is 0 Å². The van der Waals surface area contributed by atoms with Crippen LogP contribution in [-0.4, -0.2) is 22.9 Å². The molecule has 1 aromatic heterocycles. The Kier molecular flexibility index (Phi) is 5.82. The minimum atomic E-state index is -0.382. The Morgan fingerprint density at radius 1 is 1.39 bits per heavy atom. The van der Waals surface area contributed by atoms with E-state index in [-0.39, 0.29) is 18.0 Å². The number of hydrogen-bond acceptors (Lipinski definition) is 3. The van der Waals surface area contributed by atoms with Crippen LogP contribution >= 0.6 is 11.3 Å². The zero-order chi connectivity index (χ0) is 13.7. The Morgan fingerprint density at radius 2 is 2.06 bits per heavy atom. The number of hydrogen-bond donors (Lipinski definition) is 1. The van der Waals surface area contributed by atoms with E-state index in [1.807, 2.05) is 30.2 Å². The summed E-state index contributed by atoms with van der Waals surface area (Å²) in [5.74, 6) is 0.506. The first-order valence-corrected chi connectivity index (χ1v) is 7.38. The molecule has 0 radical (unpaired) electrons. The summed E-state index contributed by atoms with van der Waals surface area (Å²) < 4.78 is 0. The maximum Gasteiger partial charge on any atom is 0.240 e. The van der Waals surface area contributed by atoms with Gasteiger partial charge in [-0.25, -0.2) is 0 Å². The summed E-state index contributed by atoms with van der Waals surface area (Å²) in [5, 5.41) is 2.03. The molecule has 3 nitrogen and oxygen atoms in total. The van der Waals surface area contributed by atoms with Gasteiger partial charge in [0, 0.05) is 10.9 Å². The van der Waals surface area contributed by atoms with Crippen LogP contribution < -0.4 is 5.73 Å². The van der Waals surface area contributed by atoms with E-state index in [0.717, 1.165) is 6.42 Å². The van der Waals surface area contributed by atoms with Crippen molar-refractivity contribution in [3.8, 4) is 0 Å². The van der Waals surface area contributed by atoms with Gasteiger partial charge in [0.2, 0.25) is 5.91 Å². The fourth-order valence-corrected chi connectivity index (χ4v) is 2.61. The molecule has 0 saturated heterocycles. The lowest BCUT2D eigenvalue weighted by molar-refractivity contribution is -0.135. The van der Waals surface area contributed by atoms with Crippen LogP contribution in [0.3, 0.4) is 0 Å². The first kappa shape index (κ1) is 15.2. The van der Waals surface area contributed by atoms with Crippen LogP contribution in [0.5, 0.6) is 0 Å². The van der Waals surface area contributed by atoms with E-state index in [2.05, 4.69) is 19.9 Å². The lowest BCUT2D eigenvalue weighted by Crippen LogP contribution is -2.46. The van der Waals surface area contributed by atoms with Crippen LogP contribution in [0.2, 0.25) is 0 Å². The van der Waals surface area contributed by atoms with Crippen molar-refractivity contribution in [1.82, 2.24) is 4.90 Å². The number of nitrogens with zero attached hydrogens (tertiary/aromatic N) is 1. The minimum Gasteiger partial charge on any atom is -0.334 e. The third-order valence-corrected chi connectivity index (χ3v) is 3.72. The van der Waals surface area contributed by atoms with Crippen molar-refractivity contribution in [2.75, 3.05) is 0 Å². The molecule has 0 fully saturated rings. The Labute approximate surface area is 114 Å². The highest BCUT2D eigenvalue weighted by atomic mass is 32.1. The maximum atomic E-state index is 12.4. The molecule has 102 valence electrons. The van der Waals surface area contributed by atoms with E-state index in [9.17, 15) is 4.79 Å². The molecule has 2 N–H and O–H groups in total. The number of carbonyl (C=O) groups excluding carboxylic acids is 1. The first-order chi connectivity index (χ1) is 8.41. The number of thiophene rings is 1. The van der Waals surface area contributed by atoms with E-state index in [4.69, 9.17) is 5.73 Å². The fraction of sp³-hybridized carbons (Fsp3) is 0.643. The number of carbonyl (C=O) groups is 1. The SMILES string of the molecule is CC(C)C[C@@H](N)C(=O)N(Cc1cccs1)C(C)C. The monoisotopic (exact) mass is 268 g/mol. The third-order valence-electron chi connectivity index (χ3n) is 2.86. The molecule has 0 aromatic carbocycles. The quantitative estimate of drug-likeness (QED) is 0.862. The average Bonchev–Trinajstić information content (AvgIpc) is 2.76. The van der Waals surface area contributed by atoms with Crippen molar-refractivity contribution >= 4 is 17.2 Å². The number of amides is 1. The number of nitrogens with two attached hydrogens (primary N) is 1. The van der Waals surface area contributed by atoms with Gasteiger partial charge in [-0.15, -0.1) is 11.3 Å². The van der Waals surface area contributed by atoms with E-state index in [0.29, 0.717) is 12.5 Å². The van der Waals surface area contributed by atoms with Crippen molar-refractivity contribution < 1.29 is 4.79 Å². The van der Waals surface area contributed by atoms with Crippen LogP contribution in [-0.2, 0) is 11.3 Å². The third kappa shape index (κ3) is 4.42. The molecule has 1 heterocycles. The predicted octanol–water partition coefficient (Wildman–Crippen LogP) is 2.86. The van der Waals surface area contributed by atoms with Gasteiger partial charge in [0.05, 0.1) is 12.6 Å². The molecule has 0 spiro atoms. The van der Waals surface area contributed by atoms with Crippen molar-refractivity contribution in [2.45, 2.75) is 52.7 Å². The van der Waals surface area contributed by atoms with Gasteiger partial charge in [-0.05, 0) is 37.6 Å². The highest BCUT2D eigenvalue weighted by Gasteiger charge is 2.24. The summed E-state index contributed by atoms with van der Waals surface area (Å²) in [7, 11) is 0. The zero-order valence-corrected chi connectivity index (χ0v) is 12.5. The summed E-state index contributed by atoms with van der Waals surface area (Å²) >= 11 is 1.68. The van der Waals surface area contributed by atoms with Crippen molar-refractivity contribution in [1.29, 1.82) is 0 Å². The summed E-state index contributed by atoms with van der Waals surface area (Å²) in [4.78, 5) is 15.4. The molecule has 0 bridgehead atoms. The fourth-order valence-electron chi connectivity index (χ4n) is 1.91. The van der Waals surface area contributed by atoms with Gasteiger partial charge in [-0.3, -0.25) is 4.79 Å². The van der Waals surface area contributed by atoms with Crippen LogP contribution in [0.4, 0.5) is 0 Å². The van der Waals surface area contributed by atoms with E-state index >= 15 is 0 Å². The summed E-state index contributed by atoms with van der Waals surface area (Å²) in [5.41, 5.74) is 6.00. The molecule has 1 aromatic rings. The molecule has 0 aliphatic rings. The Bertz CT molecular complexity index is 360. The predicted molar refractivity (Wildman–Crippen MR) is 77.4 cm³/mol. The molecule has 0 aliphatic carbocycles. The maximum absolute atomic E-state index is 12.4. The van der Waals surface area contributed by atoms with Crippen LogP contribution in [0.1, 0.15) is 39.0 Å². The van der Waals surface area contributed by atoms with Gasteiger partial charge in [0.1, 0.15) is 0 Å². The molecule has 1 rings (SSSR count). The molecular weight excluding hydrogens is 244 g/mol. The standard InChI is InChI=1S/C14H24N2OS/c1-10(2)8-13(15)14(17)16(11(3)4)9-12-6-5-7-18-12/h5-7,10-11,13H,8-9,15H2,1-4H3/t13-/m1/s1. The lowest BCUT2D eigenvalue weighted by atomic mass is 10.0. The minimum absolute atomic E-state index is 0.0621. The molecule has 4 heteroatoms. The van der Waals surface area contributed by atoms with E-state index in [1.54, 1.807) is 11.3 Å². The summed E-state index contributed by atoms with van der Waals surface area (Å²) in [6.07, 6.45) is 0.743. The molecule has 0 saturated carbocycles. The second-order valence-corrected chi connectivity index (χ2v) is 6.41. The largest absolute Gasteiger partial charge is 0.334 e. The Balaban J connectivity index is 2.69. The smallest absolute Gasteiger partial charge is 0.240 e. The van der Waals surface area contributed by atoms with Crippen molar-refractivity contribution in [2.24, 2.45) is 11.7 Å². The van der Waals surface area contributed by atoms with Crippen molar-refractivity contribution in [3.05, 3.63) is 22.4 Å². The van der Waals surface area contributed by atoms with E-state index in [1.165, 1.54) is 4.88 Å². The normalized spacial score (nSPS) is 13.1. The molecule has 18 heavy (non-hydrogen) atoms. The average molecular weight is 268 g/mol. The topological polar surface area (TPSA) is 46.3 Å². The second kappa shape index (κ2) is 6.90. The lowest BCUT2D eigenvalue weighted by Gasteiger charge is -2.29.